The van der Waals surface area contributed by atoms with Gasteiger partial charge in [0.15, 0.2) is 11.8 Å². The first-order valence-electron chi connectivity index (χ1n) is 9.37. The van der Waals surface area contributed by atoms with Gasteiger partial charge in [-0.3, -0.25) is 19.8 Å². The Kier molecular flexibility index (Phi) is 9.87. The molecular formula is C20H28Cl2N2O6. The third kappa shape index (κ3) is 8.77. The highest BCUT2D eigenvalue weighted by Crippen LogP contribution is 2.35. The Hall–Kier alpha value is -2.03. The van der Waals surface area contributed by atoms with Crippen molar-refractivity contribution < 1.29 is 28.6 Å². The van der Waals surface area contributed by atoms with Crippen molar-refractivity contribution in [2.24, 2.45) is 0 Å². The smallest absolute Gasteiger partial charge is 0.413 e. The Morgan fingerprint density at radius 1 is 1.20 bits per heavy atom. The SMILES string of the molecule is CCN(CC(=O)OC(C)(C)C)C(OC(C)=O)c1c(Cl)cccc1NC(=O)OC(C)Cl. The number of carbonyl (C=O) groups is 3. The summed E-state index contributed by atoms with van der Waals surface area (Å²) in [5.41, 5.74) is -0.985. The lowest BCUT2D eigenvalue weighted by Gasteiger charge is -2.32. The number of carbonyl (C=O) groups excluding carboxylic acids is 3. The Morgan fingerprint density at radius 3 is 2.33 bits per heavy atom. The van der Waals surface area contributed by atoms with E-state index in [2.05, 4.69) is 5.32 Å². The summed E-state index contributed by atoms with van der Waals surface area (Å²) in [7, 11) is 0. The molecule has 1 amide bonds. The van der Waals surface area contributed by atoms with Crippen molar-refractivity contribution >= 4 is 46.9 Å². The van der Waals surface area contributed by atoms with Gasteiger partial charge in [-0.2, -0.15) is 0 Å². The maximum Gasteiger partial charge on any atom is 0.413 e. The summed E-state index contributed by atoms with van der Waals surface area (Å²) in [5, 5.41) is 2.77. The lowest BCUT2D eigenvalue weighted by atomic mass is 10.1. The van der Waals surface area contributed by atoms with Gasteiger partial charge in [-0.05, 0) is 46.4 Å². The summed E-state index contributed by atoms with van der Waals surface area (Å²) in [5.74, 6) is -1.09. The van der Waals surface area contributed by atoms with Crippen LogP contribution < -0.4 is 5.32 Å². The third-order valence-corrected chi connectivity index (χ3v) is 3.99. The van der Waals surface area contributed by atoms with E-state index in [1.54, 1.807) is 50.8 Å². The van der Waals surface area contributed by atoms with Crippen molar-refractivity contribution in [3.63, 3.8) is 0 Å². The normalized spacial score (nSPS) is 13.4. The molecule has 0 bridgehead atoms. The maximum absolute atomic E-state index is 12.4. The van der Waals surface area contributed by atoms with Crippen LogP contribution in [0, 0.1) is 0 Å². The number of hydrogen-bond acceptors (Lipinski definition) is 7. The molecule has 0 radical (unpaired) electrons. The molecule has 0 aliphatic rings. The molecule has 0 aromatic heterocycles. The quantitative estimate of drug-likeness (QED) is 0.259. The van der Waals surface area contributed by atoms with Gasteiger partial charge in [-0.25, -0.2) is 4.79 Å². The highest BCUT2D eigenvalue weighted by atomic mass is 35.5. The second-order valence-corrected chi connectivity index (χ2v) is 8.41. The second-order valence-electron chi connectivity index (χ2n) is 7.39. The first kappa shape index (κ1) is 26.0. The number of likely N-dealkylation sites (N-methyl/N-ethyl adjacent to an activating group) is 1. The number of anilines is 1. The van der Waals surface area contributed by atoms with E-state index in [9.17, 15) is 14.4 Å². The van der Waals surface area contributed by atoms with Crippen LogP contribution in [0.3, 0.4) is 0 Å². The van der Waals surface area contributed by atoms with Gasteiger partial charge in [0.05, 0.1) is 16.3 Å². The molecule has 0 aliphatic carbocycles. The zero-order valence-electron chi connectivity index (χ0n) is 18.0. The summed E-state index contributed by atoms with van der Waals surface area (Å²) in [6.45, 7) is 9.93. The van der Waals surface area contributed by atoms with Crippen LogP contribution >= 0.6 is 23.2 Å². The molecule has 2 atom stereocenters. The van der Waals surface area contributed by atoms with Crippen LogP contribution in [0.5, 0.6) is 0 Å². The number of amides is 1. The minimum absolute atomic E-state index is 0.167. The number of halogens is 2. The first-order chi connectivity index (χ1) is 13.8. The van der Waals surface area contributed by atoms with E-state index in [1.807, 2.05) is 0 Å². The molecule has 30 heavy (non-hydrogen) atoms. The van der Waals surface area contributed by atoms with Crippen molar-refractivity contribution in [1.82, 2.24) is 4.90 Å². The lowest BCUT2D eigenvalue weighted by Crippen LogP contribution is -2.39. The number of ether oxygens (including phenoxy) is 3. The zero-order chi connectivity index (χ0) is 23.1. The number of benzene rings is 1. The van der Waals surface area contributed by atoms with Crippen molar-refractivity contribution in [2.75, 3.05) is 18.4 Å². The Balaban J connectivity index is 3.30. The highest BCUT2D eigenvalue weighted by molar-refractivity contribution is 6.32. The number of nitrogens with zero attached hydrogens (tertiary/aromatic N) is 1. The topological polar surface area (TPSA) is 94.2 Å². The molecule has 0 saturated heterocycles. The van der Waals surface area contributed by atoms with Gasteiger partial charge in [0, 0.05) is 6.92 Å². The van der Waals surface area contributed by atoms with Gasteiger partial charge in [0.25, 0.3) is 0 Å². The van der Waals surface area contributed by atoms with E-state index in [0.717, 1.165) is 0 Å². The number of nitrogens with one attached hydrogen (secondary N) is 1. The predicted octanol–water partition coefficient (Wildman–Crippen LogP) is 4.70. The largest absolute Gasteiger partial charge is 0.459 e. The molecule has 168 valence electrons. The number of alkyl halides is 1. The molecule has 1 rings (SSSR count). The minimum atomic E-state index is -1.06. The molecule has 0 aliphatic heterocycles. The molecule has 1 N–H and O–H groups in total. The Labute approximate surface area is 186 Å². The summed E-state index contributed by atoms with van der Waals surface area (Å²) < 4.78 is 15.7. The average molecular weight is 463 g/mol. The summed E-state index contributed by atoms with van der Waals surface area (Å²) >= 11 is 12.1. The van der Waals surface area contributed by atoms with E-state index >= 15 is 0 Å². The Bertz CT molecular complexity index is 764. The molecule has 0 fully saturated rings. The lowest BCUT2D eigenvalue weighted by molar-refractivity contribution is -0.168. The highest BCUT2D eigenvalue weighted by Gasteiger charge is 2.30. The molecule has 0 heterocycles. The van der Waals surface area contributed by atoms with Crippen LogP contribution in [0.2, 0.25) is 5.02 Å². The van der Waals surface area contributed by atoms with Gasteiger partial charge >= 0.3 is 18.0 Å². The minimum Gasteiger partial charge on any atom is -0.459 e. The van der Waals surface area contributed by atoms with Crippen molar-refractivity contribution in [2.45, 2.75) is 58.9 Å². The Morgan fingerprint density at radius 2 is 1.83 bits per heavy atom. The van der Waals surface area contributed by atoms with Gasteiger partial charge in [0.2, 0.25) is 0 Å². The summed E-state index contributed by atoms with van der Waals surface area (Å²) in [6, 6.07) is 4.76. The molecule has 2 unspecified atom stereocenters. The molecule has 8 nitrogen and oxygen atoms in total. The van der Waals surface area contributed by atoms with Crippen LogP contribution in [0.15, 0.2) is 18.2 Å². The van der Waals surface area contributed by atoms with Gasteiger partial charge in [0.1, 0.15) is 12.1 Å². The van der Waals surface area contributed by atoms with Crippen LogP contribution in [0.25, 0.3) is 0 Å². The monoisotopic (exact) mass is 462 g/mol. The third-order valence-electron chi connectivity index (χ3n) is 3.57. The molecule has 1 aromatic rings. The first-order valence-corrected chi connectivity index (χ1v) is 10.2. The molecule has 1 aromatic carbocycles. The molecule has 0 spiro atoms. The van der Waals surface area contributed by atoms with Crippen LogP contribution in [0.1, 0.15) is 53.3 Å². The summed E-state index contributed by atoms with van der Waals surface area (Å²) in [6.07, 6.45) is -1.87. The standard InChI is InChI=1S/C20H28Cl2N2O6/c1-7-24(11-16(26)30-20(4,5)6)18(29-13(3)25)17-14(22)9-8-10-15(17)23-19(27)28-12(2)21/h8-10,12,18H,7,11H2,1-6H3,(H,23,27). The fourth-order valence-corrected chi connectivity index (χ4v) is 2.91. The zero-order valence-corrected chi connectivity index (χ0v) is 19.5. The van der Waals surface area contributed by atoms with E-state index in [1.165, 1.54) is 13.8 Å². The molecule has 0 saturated carbocycles. The molecular weight excluding hydrogens is 435 g/mol. The van der Waals surface area contributed by atoms with Crippen LogP contribution in [-0.2, 0) is 23.8 Å². The van der Waals surface area contributed by atoms with E-state index in [4.69, 9.17) is 37.4 Å². The number of rotatable bonds is 8. The fourth-order valence-electron chi connectivity index (χ4n) is 2.56. The van der Waals surface area contributed by atoms with E-state index in [0.29, 0.717) is 12.1 Å². The van der Waals surface area contributed by atoms with Crippen LogP contribution in [-0.4, -0.2) is 47.2 Å². The molecule has 10 heteroatoms. The van der Waals surface area contributed by atoms with Gasteiger partial charge < -0.3 is 14.2 Å². The van der Waals surface area contributed by atoms with Gasteiger partial charge in [-0.15, -0.1) is 0 Å². The van der Waals surface area contributed by atoms with E-state index in [-0.39, 0.29) is 17.3 Å². The van der Waals surface area contributed by atoms with Gasteiger partial charge in [-0.1, -0.05) is 36.2 Å². The summed E-state index contributed by atoms with van der Waals surface area (Å²) in [4.78, 5) is 37.8. The maximum atomic E-state index is 12.4. The number of hydrogen-bond donors (Lipinski definition) is 1. The number of esters is 2. The van der Waals surface area contributed by atoms with E-state index < -0.39 is 35.4 Å². The van der Waals surface area contributed by atoms with Crippen molar-refractivity contribution in [3.8, 4) is 0 Å². The fraction of sp³-hybridized carbons (Fsp3) is 0.550. The average Bonchev–Trinajstić information content (AvgIpc) is 2.56. The predicted molar refractivity (Wildman–Crippen MR) is 114 cm³/mol. The van der Waals surface area contributed by atoms with Crippen LogP contribution in [0.4, 0.5) is 10.5 Å². The van der Waals surface area contributed by atoms with Crippen molar-refractivity contribution in [3.05, 3.63) is 28.8 Å². The second kappa shape index (κ2) is 11.4. The van der Waals surface area contributed by atoms with Crippen molar-refractivity contribution in [1.29, 1.82) is 0 Å².